The summed E-state index contributed by atoms with van der Waals surface area (Å²) in [6.45, 7) is 1.65. The largest absolute Gasteiger partial charge is 0.467 e. The molecule has 5 nitrogen and oxygen atoms in total. The van der Waals surface area contributed by atoms with Gasteiger partial charge in [-0.25, -0.2) is 9.59 Å². The van der Waals surface area contributed by atoms with Crippen molar-refractivity contribution in [3.63, 3.8) is 0 Å². The summed E-state index contributed by atoms with van der Waals surface area (Å²) in [5.41, 5.74) is 0.658. The number of nitrogens with one attached hydrogen (secondary N) is 1. The summed E-state index contributed by atoms with van der Waals surface area (Å²) in [4.78, 5) is 23.7. The lowest BCUT2D eigenvalue weighted by atomic mass is 9.89. The van der Waals surface area contributed by atoms with E-state index < -0.39 is 17.5 Å². The van der Waals surface area contributed by atoms with E-state index in [1.165, 1.54) is 20.3 Å². The molecule has 0 saturated carbocycles. The Balaban J connectivity index is 2.57. The van der Waals surface area contributed by atoms with Crippen LogP contribution in [0.15, 0.2) is 30.3 Å². The van der Waals surface area contributed by atoms with Crippen LogP contribution in [0, 0.1) is 0 Å². The number of rotatable bonds is 2. The first-order chi connectivity index (χ1) is 9.01. The Morgan fingerprint density at radius 3 is 2.47 bits per heavy atom. The van der Waals surface area contributed by atoms with Crippen molar-refractivity contribution in [3.8, 4) is 0 Å². The molecule has 0 fully saturated rings. The minimum atomic E-state index is -1.09. The van der Waals surface area contributed by atoms with Gasteiger partial charge in [-0.1, -0.05) is 18.2 Å². The van der Waals surface area contributed by atoms with Gasteiger partial charge in [-0.3, -0.25) is 0 Å². The summed E-state index contributed by atoms with van der Waals surface area (Å²) < 4.78 is 9.54. The number of benzene rings is 1. The summed E-state index contributed by atoms with van der Waals surface area (Å²) >= 11 is 0. The number of methoxy groups -OCH3 is 2. The van der Waals surface area contributed by atoms with E-state index >= 15 is 0 Å². The number of esters is 2. The van der Waals surface area contributed by atoms with Crippen molar-refractivity contribution >= 4 is 23.2 Å². The van der Waals surface area contributed by atoms with Crippen LogP contribution < -0.4 is 5.32 Å². The molecule has 0 radical (unpaired) electrons. The molecular weight excluding hydrogens is 246 g/mol. The van der Waals surface area contributed by atoms with Gasteiger partial charge in [-0.15, -0.1) is 0 Å². The third-order valence-electron chi connectivity index (χ3n) is 3.06. The topological polar surface area (TPSA) is 64.6 Å². The fourth-order valence-corrected chi connectivity index (χ4v) is 2.11. The first-order valence-electron chi connectivity index (χ1n) is 5.79. The Hall–Kier alpha value is -2.30. The predicted molar refractivity (Wildman–Crippen MR) is 70.5 cm³/mol. The lowest BCUT2D eigenvalue weighted by Gasteiger charge is -2.32. The average Bonchev–Trinajstić information content (AvgIpc) is 2.44. The Morgan fingerprint density at radius 1 is 1.16 bits per heavy atom. The van der Waals surface area contributed by atoms with Crippen LogP contribution in [-0.2, 0) is 19.1 Å². The zero-order valence-corrected chi connectivity index (χ0v) is 11.0. The van der Waals surface area contributed by atoms with E-state index in [0.29, 0.717) is 16.8 Å². The molecule has 1 N–H and O–H groups in total. The second-order valence-electron chi connectivity index (χ2n) is 4.41. The molecule has 0 aliphatic carbocycles. The molecule has 0 amide bonds. The third-order valence-corrected chi connectivity index (χ3v) is 3.06. The average molecular weight is 261 g/mol. The highest BCUT2D eigenvalue weighted by Crippen LogP contribution is 2.34. The first-order valence-corrected chi connectivity index (χ1v) is 5.79. The van der Waals surface area contributed by atoms with Crippen molar-refractivity contribution in [1.82, 2.24) is 0 Å². The first kappa shape index (κ1) is 13.1. The van der Waals surface area contributed by atoms with Gasteiger partial charge in [0, 0.05) is 11.3 Å². The molecule has 5 heteroatoms. The molecule has 19 heavy (non-hydrogen) atoms. The van der Waals surface area contributed by atoms with Gasteiger partial charge in [-0.05, 0) is 19.1 Å². The van der Waals surface area contributed by atoms with Crippen LogP contribution in [-0.4, -0.2) is 31.7 Å². The van der Waals surface area contributed by atoms with Crippen LogP contribution in [0.25, 0.3) is 5.57 Å². The highest BCUT2D eigenvalue weighted by atomic mass is 16.5. The molecule has 1 atom stereocenters. The van der Waals surface area contributed by atoms with Gasteiger partial charge < -0.3 is 14.8 Å². The molecule has 100 valence electrons. The van der Waals surface area contributed by atoms with E-state index in [4.69, 9.17) is 9.47 Å². The summed E-state index contributed by atoms with van der Waals surface area (Å²) in [6.07, 6.45) is 1.53. The van der Waals surface area contributed by atoms with Crippen molar-refractivity contribution in [1.29, 1.82) is 0 Å². The monoisotopic (exact) mass is 261 g/mol. The zero-order chi connectivity index (χ0) is 14.0. The Morgan fingerprint density at radius 2 is 1.84 bits per heavy atom. The number of para-hydroxylation sites is 1. The molecule has 1 aromatic carbocycles. The second-order valence-corrected chi connectivity index (χ2v) is 4.41. The molecular formula is C14H15NO4. The van der Waals surface area contributed by atoms with Crippen LogP contribution in [0.2, 0.25) is 0 Å². The SMILES string of the molecule is COC(=O)C1=C[C@](C)(C(=O)OC)Nc2ccccc21. The molecule has 0 unspecified atom stereocenters. The Bertz CT molecular complexity index is 564. The normalized spacial score (nSPS) is 20.7. The summed E-state index contributed by atoms with van der Waals surface area (Å²) in [5, 5.41) is 3.07. The van der Waals surface area contributed by atoms with Crippen LogP contribution in [0.3, 0.4) is 0 Å². The molecule has 0 saturated heterocycles. The lowest BCUT2D eigenvalue weighted by molar-refractivity contribution is -0.143. The zero-order valence-electron chi connectivity index (χ0n) is 11.0. The highest BCUT2D eigenvalue weighted by molar-refractivity contribution is 6.20. The maximum absolute atomic E-state index is 11.9. The van der Waals surface area contributed by atoms with Gasteiger partial charge in [-0.2, -0.15) is 0 Å². The van der Waals surface area contributed by atoms with Crippen LogP contribution in [0.1, 0.15) is 12.5 Å². The van der Waals surface area contributed by atoms with E-state index in [1.54, 1.807) is 19.1 Å². The number of hydrogen-bond donors (Lipinski definition) is 1. The number of fused-ring (bicyclic) bond motifs is 1. The second kappa shape index (κ2) is 4.76. The van der Waals surface area contributed by atoms with Crippen molar-refractivity contribution < 1.29 is 19.1 Å². The van der Waals surface area contributed by atoms with Gasteiger partial charge in [0.1, 0.15) is 0 Å². The molecule has 2 rings (SSSR count). The third kappa shape index (κ3) is 2.19. The smallest absolute Gasteiger partial charge is 0.338 e. The maximum Gasteiger partial charge on any atom is 0.338 e. The number of anilines is 1. The summed E-state index contributed by atoms with van der Waals surface area (Å²) in [7, 11) is 2.62. The number of carbonyl (C=O) groups is 2. The molecule has 1 aliphatic rings. The minimum absolute atomic E-state index is 0.352. The standard InChI is InChI=1S/C14H15NO4/c1-14(13(17)19-3)8-10(12(16)18-2)9-6-4-5-7-11(9)15-14/h4-8,15H,1-3H3/t14-/m1/s1. The fraction of sp³-hybridized carbons (Fsp3) is 0.286. The molecule has 1 aromatic rings. The predicted octanol–water partition coefficient (Wildman–Crippen LogP) is 1.60. The lowest BCUT2D eigenvalue weighted by Crippen LogP contribution is -2.45. The van der Waals surface area contributed by atoms with Gasteiger partial charge >= 0.3 is 11.9 Å². The summed E-state index contributed by atoms with van der Waals surface area (Å²) in [5.74, 6) is -0.951. The fourth-order valence-electron chi connectivity index (χ4n) is 2.11. The van der Waals surface area contributed by atoms with Gasteiger partial charge in [0.25, 0.3) is 0 Å². The number of hydrogen-bond acceptors (Lipinski definition) is 5. The van der Waals surface area contributed by atoms with Crippen molar-refractivity contribution in [2.45, 2.75) is 12.5 Å². The van der Waals surface area contributed by atoms with Crippen LogP contribution in [0.5, 0.6) is 0 Å². The van der Waals surface area contributed by atoms with E-state index in [-0.39, 0.29) is 0 Å². The number of ether oxygens (including phenoxy) is 2. The van der Waals surface area contributed by atoms with Crippen molar-refractivity contribution in [2.75, 3.05) is 19.5 Å². The van der Waals surface area contributed by atoms with Gasteiger partial charge in [0.2, 0.25) is 0 Å². The maximum atomic E-state index is 11.9. The quantitative estimate of drug-likeness (QED) is 0.819. The highest BCUT2D eigenvalue weighted by Gasteiger charge is 2.38. The van der Waals surface area contributed by atoms with Gasteiger partial charge in [0.15, 0.2) is 5.54 Å². The van der Waals surface area contributed by atoms with E-state index in [9.17, 15) is 9.59 Å². The minimum Gasteiger partial charge on any atom is -0.467 e. The number of carbonyl (C=O) groups excluding carboxylic acids is 2. The van der Waals surface area contributed by atoms with Crippen LogP contribution >= 0.6 is 0 Å². The van der Waals surface area contributed by atoms with Gasteiger partial charge in [0.05, 0.1) is 19.8 Å². The van der Waals surface area contributed by atoms with E-state index in [0.717, 1.165) is 0 Å². The summed E-state index contributed by atoms with van der Waals surface area (Å²) in [6, 6.07) is 7.23. The van der Waals surface area contributed by atoms with Crippen molar-refractivity contribution in [3.05, 3.63) is 35.9 Å². The van der Waals surface area contributed by atoms with E-state index in [2.05, 4.69) is 5.32 Å². The van der Waals surface area contributed by atoms with Crippen LogP contribution in [0.4, 0.5) is 5.69 Å². The van der Waals surface area contributed by atoms with E-state index in [1.807, 2.05) is 12.1 Å². The Labute approximate surface area is 111 Å². The Kier molecular flexibility index (Phi) is 3.29. The molecule has 0 aromatic heterocycles. The molecule has 1 heterocycles. The van der Waals surface area contributed by atoms with Crippen molar-refractivity contribution in [2.24, 2.45) is 0 Å². The molecule has 1 aliphatic heterocycles. The molecule has 0 bridgehead atoms. The molecule has 0 spiro atoms.